The van der Waals surface area contributed by atoms with E-state index in [1.807, 2.05) is 65.5 Å². The van der Waals surface area contributed by atoms with Crippen LogP contribution in [0.2, 0.25) is 65.5 Å². The van der Waals surface area contributed by atoms with Gasteiger partial charge in [0.05, 0.1) is 0 Å². The normalized spacial score (nSPS) is 30.3. The van der Waals surface area contributed by atoms with E-state index in [0.717, 1.165) is 0 Å². The maximum absolute atomic E-state index is 6.29. The molecular weight excluding hydrogens is 385 g/mol. The van der Waals surface area contributed by atoms with Crippen molar-refractivity contribution in [2.75, 3.05) is 0 Å². The highest BCUT2D eigenvalue weighted by Crippen LogP contribution is 2.24. The Hall–Kier alpha value is 1.06. The van der Waals surface area contributed by atoms with E-state index in [2.05, 4.69) is 0 Å². The van der Waals surface area contributed by atoms with Crippen LogP contribution >= 0.6 is 0 Å². The van der Waals surface area contributed by atoms with Gasteiger partial charge in [-0.15, -0.1) is 0 Å². The highest BCUT2D eigenvalue weighted by atomic mass is 28.5. The van der Waals surface area contributed by atoms with Crippen LogP contribution in [0, 0.1) is 0 Å². The molecule has 0 saturated carbocycles. The van der Waals surface area contributed by atoms with Gasteiger partial charge in [0.1, 0.15) is 0 Å². The molecule has 0 spiro atoms. The van der Waals surface area contributed by atoms with E-state index in [0.29, 0.717) is 0 Å². The van der Waals surface area contributed by atoms with E-state index in [1.165, 1.54) is 0 Å². The summed E-state index contributed by atoms with van der Waals surface area (Å²) in [5, 5.41) is 0. The van der Waals surface area contributed by atoms with Gasteiger partial charge in [0.25, 0.3) is 0 Å². The molecule has 1 fully saturated rings. The lowest BCUT2D eigenvalue weighted by Crippen LogP contribution is -2.58. The summed E-state index contributed by atoms with van der Waals surface area (Å²) in [6.45, 7) is 20.4. The van der Waals surface area contributed by atoms with Crippen molar-refractivity contribution in [3.05, 3.63) is 0 Å². The Kier molecular flexibility index (Phi) is 6.83. The molecular formula is C10H30O6Si6. The van der Waals surface area contributed by atoms with Gasteiger partial charge in [-0.25, -0.2) is 0 Å². The highest BCUT2D eigenvalue weighted by Gasteiger charge is 2.45. The van der Waals surface area contributed by atoms with Gasteiger partial charge < -0.3 is 24.7 Å². The lowest BCUT2D eigenvalue weighted by molar-refractivity contribution is 0.257. The maximum atomic E-state index is 6.29. The summed E-state index contributed by atoms with van der Waals surface area (Å²) in [6, 6.07) is 0. The van der Waals surface area contributed by atoms with Crippen molar-refractivity contribution in [1.29, 1.82) is 0 Å². The second-order valence-corrected chi connectivity index (χ2v) is 25.3. The molecule has 0 aromatic heterocycles. The van der Waals surface area contributed by atoms with Crippen LogP contribution in [0.15, 0.2) is 0 Å². The summed E-state index contributed by atoms with van der Waals surface area (Å²) in [7, 11) is -12.0. The zero-order valence-corrected chi connectivity index (χ0v) is 21.4. The second-order valence-electron chi connectivity index (χ2n) is 7.19. The van der Waals surface area contributed by atoms with E-state index in [4.69, 9.17) is 24.7 Å². The maximum Gasteiger partial charge on any atom is 0.362 e. The van der Waals surface area contributed by atoms with Gasteiger partial charge in [-0.2, -0.15) is 0 Å². The van der Waals surface area contributed by atoms with Crippen LogP contribution in [-0.2, 0) is 24.7 Å². The second kappa shape index (κ2) is 7.12. The van der Waals surface area contributed by atoms with Crippen molar-refractivity contribution in [3.8, 4) is 0 Å². The molecule has 1 heterocycles. The molecule has 22 heavy (non-hydrogen) atoms. The topological polar surface area (TPSA) is 55.4 Å². The fourth-order valence-electron chi connectivity index (χ4n) is 2.69. The summed E-state index contributed by atoms with van der Waals surface area (Å²) < 4.78 is 37.3. The average molecular weight is 415 g/mol. The molecule has 130 valence electrons. The molecule has 0 aromatic carbocycles. The van der Waals surface area contributed by atoms with Crippen molar-refractivity contribution in [3.63, 3.8) is 0 Å². The summed E-state index contributed by atoms with van der Waals surface area (Å²) in [5.74, 6) is 0. The zero-order valence-electron chi connectivity index (χ0n) is 15.4. The van der Waals surface area contributed by atoms with Gasteiger partial charge >= 0.3 is 52.8 Å². The van der Waals surface area contributed by atoms with Crippen LogP contribution < -0.4 is 0 Å². The van der Waals surface area contributed by atoms with Gasteiger partial charge in [0.15, 0.2) is 0 Å². The molecule has 1 aliphatic rings. The first-order valence-electron chi connectivity index (χ1n) is 7.45. The Morgan fingerprint density at radius 2 is 0.636 bits per heavy atom. The average Bonchev–Trinajstić information content (AvgIpc) is 2.03. The molecule has 6 nitrogen and oxygen atoms in total. The Labute approximate surface area is 143 Å². The number of rotatable bonds is 0. The predicted molar refractivity (Wildman–Crippen MR) is 99.7 cm³/mol. The smallest absolute Gasteiger partial charge is 0.362 e. The molecule has 0 amide bonds. The van der Waals surface area contributed by atoms with Gasteiger partial charge in [-0.05, 0) is 65.5 Å². The van der Waals surface area contributed by atoms with Crippen molar-refractivity contribution >= 4 is 52.8 Å². The third kappa shape index (κ3) is 7.75. The van der Waals surface area contributed by atoms with E-state index >= 15 is 0 Å². The van der Waals surface area contributed by atoms with Crippen LogP contribution in [0.25, 0.3) is 0 Å². The Balaban J connectivity index is 3.02. The Morgan fingerprint density at radius 3 is 0.818 bits per heavy atom. The van der Waals surface area contributed by atoms with Gasteiger partial charge in [0, 0.05) is 0 Å². The Bertz CT molecular complexity index is 322. The van der Waals surface area contributed by atoms with Crippen LogP contribution in [0.5, 0.6) is 0 Å². The summed E-state index contributed by atoms with van der Waals surface area (Å²) in [4.78, 5) is 0. The minimum atomic E-state index is -2.30. The van der Waals surface area contributed by atoms with Gasteiger partial charge in [-0.3, -0.25) is 0 Å². The van der Waals surface area contributed by atoms with Crippen LogP contribution in [0.1, 0.15) is 0 Å². The third-order valence-electron chi connectivity index (χ3n) is 2.54. The molecule has 0 atom stereocenters. The van der Waals surface area contributed by atoms with Crippen molar-refractivity contribution in [2.45, 2.75) is 65.5 Å². The van der Waals surface area contributed by atoms with Crippen LogP contribution in [0.3, 0.4) is 0 Å². The monoisotopic (exact) mass is 414 g/mol. The van der Waals surface area contributed by atoms with Gasteiger partial charge in [-0.1, -0.05) is 0 Å². The molecule has 0 unspecified atom stereocenters. The van der Waals surface area contributed by atoms with E-state index in [9.17, 15) is 0 Å². The molecule has 0 N–H and O–H groups in total. The molecule has 12 heteroatoms. The van der Waals surface area contributed by atoms with E-state index in [1.54, 1.807) is 0 Å². The zero-order chi connectivity index (χ0) is 17.4. The molecule has 0 aromatic rings. The first-order chi connectivity index (χ1) is 9.62. The van der Waals surface area contributed by atoms with Crippen LogP contribution in [-0.4, -0.2) is 52.8 Å². The lowest BCUT2D eigenvalue weighted by Gasteiger charge is -2.40. The highest BCUT2D eigenvalue weighted by molar-refractivity contribution is 6.88. The first-order valence-corrected chi connectivity index (χ1v) is 22.3. The molecule has 1 aliphatic heterocycles. The van der Waals surface area contributed by atoms with Crippen molar-refractivity contribution in [2.24, 2.45) is 0 Å². The summed E-state index contributed by atoms with van der Waals surface area (Å²) in [6.07, 6.45) is 0. The predicted octanol–water partition coefficient (Wildman–Crippen LogP) is 3.14. The van der Waals surface area contributed by atoms with E-state index < -0.39 is 52.8 Å². The van der Waals surface area contributed by atoms with E-state index in [-0.39, 0.29) is 0 Å². The first kappa shape index (κ1) is 21.1. The summed E-state index contributed by atoms with van der Waals surface area (Å²) >= 11 is 0. The molecule has 1 rings (SSSR count). The van der Waals surface area contributed by atoms with Gasteiger partial charge in [0.2, 0.25) is 0 Å². The van der Waals surface area contributed by atoms with Crippen LogP contribution in [0.4, 0.5) is 0 Å². The largest absolute Gasteiger partial charge is 0.416 e. The minimum Gasteiger partial charge on any atom is -0.416 e. The SMILES string of the molecule is C[Si]1O[Si](C)(C)O[Si](C)(C)O[Si](C)O[Si](C)(C)O[Si](C)(C)O1. The van der Waals surface area contributed by atoms with Crippen molar-refractivity contribution in [1.82, 2.24) is 0 Å². The third-order valence-corrected chi connectivity index (χ3v) is 22.9. The number of hydrogen-bond donors (Lipinski definition) is 0. The fourth-order valence-corrected chi connectivity index (χ4v) is 26.5. The summed E-state index contributed by atoms with van der Waals surface area (Å²) in [5.41, 5.74) is 0. The molecule has 2 radical (unpaired) electrons. The number of hydrogen-bond acceptors (Lipinski definition) is 6. The van der Waals surface area contributed by atoms with Crippen molar-refractivity contribution < 1.29 is 24.7 Å². The molecule has 1 saturated heterocycles. The quantitative estimate of drug-likeness (QED) is 0.568. The Morgan fingerprint density at radius 1 is 0.455 bits per heavy atom. The molecule has 0 aliphatic carbocycles. The standard InChI is InChI=1S/C10H30O6Si6/c1-17-11-19(3,4)15-21(7,8)13-18(2)14-22(9,10)16-20(5,6)12-17/h1-10H3. The lowest BCUT2D eigenvalue weighted by atomic mass is 11.9. The minimum absolute atomic E-state index is 1.43. The molecule has 0 bridgehead atoms. The fraction of sp³-hybridized carbons (Fsp3) is 1.00.